The van der Waals surface area contributed by atoms with Crippen LogP contribution in [-0.2, 0) is 10.2 Å². The number of benzene rings is 1. The minimum absolute atomic E-state index is 0.0501. The van der Waals surface area contributed by atoms with E-state index in [0.29, 0.717) is 11.1 Å². The molecule has 2 aliphatic carbocycles. The van der Waals surface area contributed by atoms with Gasteiger partial charge in [0.25, 0.3) is 0 Å². The summed E-state index contributed by atoms with van der Waals surface area (Å²) in [5.74, 6) is 0.673. The van der Waals surface area contributed by atoms with Gasteiger partial charge in [-0.25, -0.2) is 4.98 Å². The monoisotopic (exact) mass is 382 g/mol. The Morgan fingerprint density at radius 2 is 2.04 bits per heavy atom. The van der Waals surface area contributed by atoms with Crippen LogP contribution in [0.15, 0.2) is 23.4 Å². The molecule has 6 heteroatoms. The van der Waals surface area contributed by atoms with Gasteiger partial charge in [0.2, 0.25) is 11.1 Å². The highest BCUT2D eigenvalue weighted by Gasteiger charge is 2.61. The van der Waals surface area contributed by atoms with E-state index >= 15 is 0 Å². The van der Waals surface area contributed by atoms with Crippen LogP contribution in [0.5, 0.6) is 0 Å². The summed E-state index contributed by atoms with van der Waals surface area (Å²) in [5.41, 5.74) is 5.43. The maximum atomic E-state index is 12.4. The quantitative estimate of drug-likeness (QED) is 0.794. The van der Waals surface area contributed by atoms with E-state index in [1.54, 1.807) is 0 Å². The fourth-order valence-corrected chi connectivity index (χ4v) is 5.20. The summed E-state index contributed by atoms with van der Waals surface area (Å²) in [5, 5.41) is 12.4. The van der Waals surface area contributed by atoms with Crippen molar-refractivity contribution in [2.24, 2.45) is 5.41 Å². The SMILES string of the molecule is Cc1ccc(C)c(NC(=O)CSc2nnc3c(n2)C2(C)CCC3C2(C)C)c1. The lowest BCUT2D eigenvalue weighted by molar-refractivity contribution is -0.113. The lowest BCUT2D eigenvalue weighted by atomic mass is 9.70. The van der Waals surface area contributed by atoms with E-state index in [9.17, 15) is 4.79 Å². The number of thioether (sulfide) groups is 1. The molecule has 0 spiro atoms. The second-order valence-corrected chi connectivity index (χ2v) is 9.57. The Bertz CT molecular complexity index is 926. The molecule has 2 aliphatic rings. The summed E-state index contributed by atoms with van der Waals surface area (Å²) < 4.78 is 0. The van der Waals surface area contributed by atoms with Crippen molar-refractivity contribution in [3.05, 3.63) is 40.7 Å². The number of aryl methyl sites for hydroxylation is 2. The van der Waals surface area contributed by atoms with Gasteiger partial charge in [-0.3, -0.25) is 4.79 Å². The van der Waals surface area contributed by atoms with Crippen molar-refractivity contribution >= 4 is 23.4 Å². The first-order valence-corrected chi connectivity index (χ1v) is 10.5. The number of carbonyl (C=O) groups excluding carboxylic acids is 1. The van der Waals surface area contributed by atoms with E-state index in [4.69, 9.17) is 4.98 Å². The van der Waals surface area contributed by atoms with Gasteiger partial charge in [0.15, 0.2) is 0 Å². The third-order valence-electron chi connectivity index (χ3n) is 6.77. The standard InChI is InChI=1S/C21H26N4OS/c1-12-6-7-13(2)15(10-12)22-16(26)11-27-19-23-18-17(24-25-19)14-8-9-21(18,5)20(14,3)4/h6-7,10,14H,8-9,11H2,1-5H3,(H,22,26). The summed E-state index contributed by atoms with van der Waals surface area (Å²) in [6, 6.07) is 6.05. The van der Waals surface area contributed by atoms with Crippen molar-refractivity contribution in [3.8, 4) is 0 Å². The molecule has 2 bridgehead atoms. The highest BCUT2D eigenvalue weighted by atomic mass is 32.2. The second kappa shape index (κ2) is 6.30. The predicted molar refractivity (Wildman–Crippen MR) is 108 cm³/mol. The van der Waals surface area contributed by atoms with Gasteiger partial charge in [-0.05, 0) is 49.3 Å². The first-order valence-electron chi connectivity index (χ1n) is 9.47. The van der Waals surface area contributed by atoms with Crippen molar-refractivity contribution in [2.45, 2.75) is 63.9 Å². The van der Waals surface area contributed by atoms with Crippen LogP contribution < -0.4 is 5.32 Å². The maximum Gasteiger partial charge on any atom is 0.234 e. The molecule has 1 aromatic heterocycles. The number of rotatable bonds is 4. The molecular formula is C21H26N4OS. The number of aromatic nitrogens is 3. The molecular weight excluding hydrogens is 356 g/mol. The van der Waals surface area contributed by atoms with Crippen LogP contribution in [0.1, 0.15) is 62.0 Å². The first-order chi connectivity index (χ1) is 12.7. The number of fused-ring (bicyclic) bond motifs is 5. The largest absolute Gasteiger partial charge is 0.325 e. The minimum Gasteiger partial charge on any atom is -0.325 e. The van der Waals surface area contributed by atoms with Gasteiger partial charge in [-0.2, -0.15) is 5.10 Å². The van der Waals surface area contributed by atoms with E-state index in [1.165, 1.54) is 11.8 Å². The van der Waals surface area contributed by atoms with Gasteiger partial charge in [-0.1, -0.05) is 44.7 Å². The zero-order valence-electron chi connectivity index (χ0n) is 16.6. The Kier molecular flexibility index (Phi) is 4.29. The number of hydrogen-bond donors (Lipinski definition) is 1. The normalized spacial score (nSPS) is 24.7. The van der Waals surface area contributed by atoms with Crippen molar-refractivity contribution in [3.63, 3.8) is 0 Å². The zero-order valence-corrected chi connectivity index (χ0v) is 17.4. The fraction of sp³-hybridized carbons (Fsp3) is 0.524. The average Bonchev–Trinajstić information content (AvgIpc) is 2.95. The van der Waals surface area contributed by atoms with Crippen molar-refractivity contribution in [2.75, 3.05) is 11.1 Å². The zero-order chi connectivity index (χ0) is 19.4. The first kappa shape index (κ1) is 18.4. The highest BCUT2D eigenvalue weighted by Crippen LogP contribution is 2.66. The molecule has 5 nitrogen and oxygen atoms in total. The van der Waals surface area contributed by atoms with Crippen LogP contribution in [0.2, 0.25) is 0 Å². The smallest absolute Gasteiger partial charge is 0.234 e. The number of nitrogens with one attached hydrogen (secondary N) is 1. The molecule has 1 heterocycles. The third-order valence-corrected chi connectivity index (χ3v) is 7.61. The summed E-state index contributed by atoms with van der Waals surface area (Å²) in [6.07, 6.45) is 2.31. The van der Waals surface area contributed by atoms with Crippen LogP contribution in [0.3, 0.4) is 0 Å². The molecule has 0 radical (unpaired) electrons. The van der Waals surface area contributed by atoms with Gasteiger partial charge in [0, 0.05) is 17.0 Å². The second-order valence-electron chi connectivity index (χ2n) is 8.63. The topological polar surface area (TPSA) is 67.8 Å². The molecule has 4 rings (SSSR count). The molecule has 1 amide bonds. The molecule has 2 aromatic rings. The fourth-order valence-electron chi connectivity index (χ4n) is 4.61. The van der Waals surface area contributed by atoms with Gasteiger partial charge >= 0.3 is 0 Å². The maximum absolute atomic E-state index is 12.4. The van der Waals surface area contributed by atoms with Gasteiger partial charge in [-0.15, -0.1) is 5.10 Å². The van der Waals surface area contributed by atoms with Crippen molar-refractivity contribution in [1.29, 1.82) is 0 Å². The minimum atomic E-state index is -0.0501. The molecule has 0 saturated heterocycles. The van der Waals surface area contributed by atoms with Gasteiger partial charge in [0.05, 0.1) is 17.1 Å². The van der Waals surface area contributed by atoms with Crippen LogP contribution in [0.25, 0.3) is 0 Å². The summed E-state index contributed by atoms with van der Waals surface area (Å²) in [7, 11) is 0. The van der Waals surface area contributed by atoms with Crippen LogP contribution in [-0.4, -0.2) is 26.8 Å². The Labute approximate surface area is 164 Å². The lowest BCUT2D eigenvalue weighted by Gasteiger charge is -2.33. The lowest BCUT2D eigenvalue weighted by Crippen LogP contribution is -2.32. The number of anilines is 1. The molecule has 1 N–H and O–H groups in total. The Morgan fingerprint density at radius 1 is 1.26 bits per heavy atom. The van der Waals surface area contributed by atoms with Crippen molar-refractivity contribution < 1.29 is 4.79 Å². The Balaban J connectivity index is 1.46. The summed E-state index contributed by atoms with van der Waals surface area (Å²) in [6.45, 7) is 10.9. The van der Waals surface area contributed by atoms with Crippen molar-refractivity contribution in [1.82, 2.24) is 15.2 Å². The highest BCUT2D eigenvalue weighted by molar-refractivity contribution is 7.99. The van der Waals surface area contributed by atoms with Crippen LogP contribution in [0.4, 0.5) is 5.69 Å². The Morgan fingerprint density at radius 3 is 2.81 bits per heavy atom. The molecule has 27 heavy (non-hydrogen) atoms. The predicted octanol–water partition coefficient (Wildman–Crippen LogP) is 4.39. The van der Waals surface area contributed by atoms with E-state index in [2.05, 4.69) is 36.3 Å². The summed E-state index contributed by atoms with van der Waals surface area (Å²) >= 11 is 1.35. The summed E-state index contributed by atoms with van der Waals surface area (Å²) in [4.78, 5) is 17.2. The van der Waals surface area contributed by atoms with E-state index in [0.717, 1.165) is 41.0 Å². The van der Waals surface area contributed by atoms with Crippen LogP contribution in [0, 0.1) is 19.3 Å². The average molecular weight is 383 g/mol. The van der Waals surface area contributed by atoms with Crippen LogP contribution >= 0.6 is 11.8 Å². The molecule has 1 saturated carbocycles. The molecule has 1 aromatic carbocycles. The Hall–Kier alpha value is -1.95. The van der Waals surface area contributed by atoms with E-state index in [-0.39, 0.29) is 22.5 Å². The van der Waals surface area contributed by atoms with Gasteiger partial charge < -0.3 is 5.32 Å². The van der Waals surface area contributed by atoms with Gasteiger partial charge in [0.1, 0.15) is 0 Å². The van der Waals surface area contributed by atoms with E-state index < -0.39 is 0 Å². The van der Waals surface area contributed by atoms with E-state index in [1.807, 2.05) is 32.0 Å². The molecule has 2 unspecified atom stereocenters. The number of hydrogen-bond acceptors (Lipinski definition) is 5. The number of amides is 1. The molecule has 0 aliphatic heterocycles. The molecule has 142 valence electrons. The molecule has 1 fully saturated rings. The number of carbonyl (C=O) groups is 1. The third kappa shape index (κ3) is 2.85. The molecule has 2 atom stereocenters. The number of nitrogens with zero attached hydrogens (tertiary/aromatic N) is 3.